The highest BCUT2D eigenvalue weighted by atomic mass is 15.1. The van der Waals surface area contributed by atoms with Gasteiger partial charge < -0.3 is 4.57 Å². The van der Waals surface area contributed by atoms with Crippen LogP contribution in [0.2, 0.25) is 0 Å². The lowest BCUT2D eigenvalue weighted by atomic mass is 10.2. The Bertz CT molecular complexity index is 1300. The third-order valence-corrected chi connectivity index (χ3v) is 4.96. The first kappa shape index (κ1) is 15.8. The molecule has 6 nitrogen and oxygen atoms in total. The molecule has 0 amide bonds. The van der Waals surface area contributed by atoms with Crippen LogP contribution >= 0.6 is 0 Å². The molecule has 0 radical (unpaired) electrons. The average Bonchev–Trinajstić information content (AvgIpc) is 3.03. The Hall–Kier alpha value is -3.41. The summed E-state index contributed by atoms with van der Waals surface area (Å²) in [4.78, 5) is 23.0. The molecule has 5 rings (SSSR count). The molecule has 0 saturated heterocycles. The zero-order valence-electron chi connectivity index (χ0n) is 15.2. The van der Waals surface area contributed by atoms with Gasteiger partial charge in [0.2, 0.25) is 0 Å². The van der Waals surface area contributed by atoms with Crippen molar-refractivity contribution in [2.24, 2.45) is 7.05 Å². The molecule has 4 heterocycles. The van der Waals surface area contributed by atoms with Crippen molar-refractivity contribution in [1.82, 2.24) is 29.5 Å². The van der Waals surface area contributed by atoms with Gasteiger partial charge in [-0.3, -0.25) is 9.97 Å². The molecule has 0 saturated carbocycles. The lowest BCUT2D eigenvalue weighted by molar-refractivity contribution is 0.759. The van der Waals surface area contributed by atoms with Gasteiger partial charge in [-0.05, 0) is 31.2 Å². The van der Waals surface area contributed by atoms with Crippen LogP contribution in [0.5, 0.6) is 0 Å². The quantitative estimate of drug-likeness (QED) is 0.495. The summed E-state index contributed by atoms with van der Waals surface area (Å²) in [6.45, 7) is 1.98. The number of aryl methyl sites for hydroxylation is 4. The number of nitrogens with zero attached hydrogens (tertiary/aromatic N) is 6. The van der Waals surface area contributed by atoms with Gasteiger partial charge in [0, 0.05) is 37.7 Å². The largest absolute Gasteiger partial charge is 0.331 e. The van der Waals surface area contributed by atoms with Crippen molar-refractivity contribution in [3.63, 3.8) is 0 Å². The molecule has 0 spiro atoms. The van der Waals surface area contributed by atoms with Gasteiger partial charge in [0.25, 0.3) is 0 Å². The predicted molar refractivity (Wildman–Crippen MR) is 105 cm³/mol. The Morgan fingerprint density at radius 3 is 2.52 bits per heavy atom. The Labute approximate surface area is 156 Å². The van der Waals surface area contributed by atoms with Crippen LogP contribution in [0.4, 0.5) is 0 Å². The van der Waals surface area contributed by atoms with Crippen molar-refractivity contribution in [2.75, 3.05) is 0 Å². The lowest BCUT2D eigenvalue weighted by Gasteiger charge is -2.05. The molecule has 6 heteroatoms. The number of pyridine rings is 2. The maximum absolute atomic E-state index is 4.87. The molecule has 27 heavy (non-hydrogen) atoms. The summed E-state index contributed by atoms with van der Waals surface area (Å²) in [7, 11) is 2.05. The molecule has 0 bridgehead atoms. The highest BCUT2D eigenvalue weighted by molar-refractivity contribution is 6.01. The van der Waals surface area contributed by atoms with Crippen molar-refractivity contribution in [2.45, 2.75) is 19.8 Å². The van der Waals surface area contributed by atoms with E-state index in [1.165, 1.54) is 0 Å². The summed E-state index contributed by atoms with van der Waals surface area (Å²) < 4.78 is 2.14. The molecule has 0 fully saturated rings. The summed E-state index contributed by atoms with van der Waals surface area (Å²) >= 11 is 0. The number of imidazole rings is 1. The van der Waals surface area contributed by atoms with E-state index in [-0.39, 0.29) is 0 Å². The molecule has 0 aliphatic rings. The summed E-state index contributed by atoms with van der Waals surface area (Å²) in [5.41, 5.74) is 5.65. The van der Waals surface area contributed by atoms with Crippen LogP contribution in [0.3, 0.4) is 0 Å². The van der Waals surface area contributed by atoms with Crippen molar-refractivity contribution in [3.8, 4) is 0 Å². The molecule has 0 atom stereocenters. The minimum atomic E-state index is 0.730. The zero-order chi connectivity index (χ0) is 18.4. The van der Waals surface area contributed by atoms with Crippen molar-refractivity contribution in [3.05, 3.63) is 66.1 Å². The van der Waals surface area contributed by atoms with Crippen molar-refractivity contribution >= 4 is 33.0 Å². The molecule has 0 N–H and O–H groups in total. The Kier molecular flexibility index (Phi) is 3.57. The van der Waals surface area contributed by atoms with E-state index in [4.69, 9.17) is 4.98 Å². The van der Waals surface area contributed by atoms with Crippen LogP contribution in [0.1, 0.15) is 17.3 Å². The van der Waals surface area contributed by atoms with Crippen LogP contribution in [0.25, 0.3) is 33.0 Å². The summed E-state index contributed by atoms with van der Waals surface area (Å²) in [5.74, 6) is 1.83. The van der Waals surface area contributed by atoms with Crippen molar-refractivity contribution < 1.29 is 0 Å². The van der Waals surface area contributed by atoms with E-state index in [9.17, 15) is 0 Å². The van der Waals surface area contributed by atoms with E-state index >= 15 is 0 Å². The van der Waals surface area contributed by atoms with Gasteiger partial charge >= 0.3 is 0 Å². The number of hydrogen-bond donors (Lipinski definition) is 0. The summed E-state index contributed by atoms with van der Waals surface area (Å²) in [5, 5.41) is 1.11. The summed E-state index contributed by atoms with van der Waals surface area (Å²) in [6.07, 6.45) is 5.09. The molecule has 4 aromatic heterocycles. The molecule has 0 unspecified atom stereocenters. The molecule has 1 aromatic carbocycles. The molecular weight excluding hydrogens is 336 g/mol. The van der Waals surface area contributed by atoms with Gasteiger partial charge in [0.15, 0.2) is 0 Å². The Morgan fingerprint density at radius 1 is 0.815 bits per heavy atom. The Balaban J connectivity index is 1.52. The minimum Gasteiger partial charge on any atom is -0.331 e. The first-order valence-electron chi connectivity index (χ1n) is 8.98. The van der Waals surface area contributed by atoms with Gasteiger partial charge in [-0.25, -0.2) is 15.0 Å². The fourth-order valence-electron chi connectivity index (χ4n) is 3.58. The van der Waals surface area contributed by atoms with E-state index in [1.807, 2.05) is 31.3 Å². The SMILES string of the molecule is Cc1nc(CCc2nc3c4ncccc4ccc3n2C)nc2cccnc12. The van der Waals surface area contributed by atoms with Crippen LogP contribution in [-0.4, -0.2) is 29.5 Å². The summed E-state index contributed by atoms with van der Waals surface area (Å²) in [6, 6.07) is 12.1. The number of hydrogen-bond acceptors (Lipinski definition) is 5. The van der Waals surface area contributed by atoms with Crippen molar-refractivity contribution in [1.29, 1.82) is 0 Å². The fraction of sp³-hybridized carbons (Fsp3) is 0.190. The van der Waals surface area contributed by atoms with Gasteiger partial charge in [-0.2, -0.15) is 0 Å². The van der Waals surface area contributed by atoms with E-state index < -0.39 is 0 Å². The van der Waals surface area contributed by atoms with Gasteiger partial charge in [-0.15, -0.1) is 0 Å². The normalized spacial score (nSPS) is 11.6. The average molecular weight is 354 g/mol. The second kappa shape index (κ2) is 6.09. The van der Waals surface area contributed by atoms with E-state index in [2.05, 4.69) is 49.7 Å². The molecular formula is C21H18N6. The predicted octanol–water partition coefficient (Wildman–Crippen LogP) is 3.55. The topological polar surface area (TPSA) is 69.4 Å². The zero-order valence-corrected chi connectivity index (χ0v) is 15.2. The number of benzene rings is 1. The highest BCUT2D eigenvalue weighted by Gasteiger charge is 2.13. The van der Waals surface area contributed by atoms with E-state index in [1.54, 1.807) is 6.20 Å². The van der Waals surface area contributed by atoms with Gasteiger partial charge in [-0.1, -0.05) is 12.1 Å². The monoisotopic (exact) mass is 354 g/mol. The Morgan fingerprint density at radius 2 is 1.63 bits per heavy atom. The highest BCUT2D eigenvalue weighted by Crippen LogP contribution is 2.24. The maximum Gasteiger partial charge on any atom is 0.129 e. The fourth-order valence-corrected chi connectivity index (χ4v) is 3.58. The first-order chi connectivity index (χ1) is 13.2. The smallest absolute Gasteiger partial charge is 0.129 e. The van der Waals surface area contributed by atoms with Crippen LogP contribution < -0.4 is 0 Å². The lowest BCUT2D eigenvalue weighted by Crippen LogP contribution is -2.05. The first-order valence-corrected chi connectivity index (χ1v) is 8.98. The molecule has 0 aliphatic heterocycles. The number of rotatable bonds is 3. The van der Waals surface area contributed by atoms with Gasteiger partial charge in [0.05, 0.1) is 22.2 Å². The van der Waals surface area contributed by atoms with Crippen LogP contribution in [0, 0.1) is 6.92 Å². The third-order valence-electron chi connectivity index (χ3n) is 4.96. The van der Waals surface area contributed by atoms with Gasteiger partial charge in [0.1, 0.15) is 22.7 Å². The second-order valence-electron chi connectivity index (χ2n) is 6.69. The number of aromatic nitrogens is 6. The second-order valence-corrected chi connectivity index (χ2v) is 6.69. The maximum atomic E-state index is 4.87. The van der Waals surface area contributed by atoms with Crippen LogP contribution in [0.15, 0.2) is 48.8 Å². The molecule has 132 valence electrons. The minimum absolute atomic E-state index is 0.730. The van der Waals surface area contributed by atoms with E-state index in [0.717, 1.165) is 63.2 Å². The number of fused-ring (bicyclic) bond motifs is 4. The third kappa shape index (κ3) is 2.61. The van der Waals surface area contributed by atoms with E-state index in [0.29, 0.717) is 0 Å². The standard InChI is InChI=1S/C21H18N6/c1-13-19-15(6-4-12-22-19)25-17(24-13)9-10-18-26-21-16(27(18)2)8-7-14-5-3-11-23-20(14)21/h3-8,11-12H,9-10H2,1-2H3. The van der Waals surface area contributed by atoms with Crippen LogP contribution in [-0.2, 0) is 19.9 Å². The molecule has 0 aliphatic carbocycles. The molecule has 5 aromatic rings.